The molecule has 2 nitrogen and oxygen atoms in total. The Morgan fingerprint density at radius 2 is 2.25 bits per heavy atom. The molecular weight excluding hydrogens is 264 g/mol. The maximum atomic E-state index is 5.49. The van der Waals surface area contributed by atoms with Crippen LogP contribution < -0.4 is 11.1 Å². The highest BCUT2D eigenvalue weighted by molar-refractivity contribution is 9.10. The minimum Gasteiger partial charge on any atom is -0.330 e. The van der Waals surface area contributed by atoms with Gasteiger partial charge in [-0.25, -0.2) is 0 Å². The molecule has 0 saturated carbocycles. The highest BCUT2D eigenvalue weighted by Gasteiger charge is 2.17. The molecular formula is C13H19BrN2. The van der Waals surface area contributed by atoms with Crippen molar-refractivity contribution in [2.24, 2.45) is 5.73 Å². The third-order valence-electron chi connectivity index (χ3n) is 3.21. The average molecular weight is 283 g/mol. The summed E-state index contributed by atoms with van der Waals surface area (Å²) in [7, 11) is 0. The quantitative estimate of drug-likeness (QED) is 0.832. The Balaban J connectivity index is 1.93. The van der Waals surface area contributed by atoms with E-state index in [0.717, 1.165) is 25.9 Å². The molecule has 0 heterocycles. The van der Waals surface area contributed by atoms with Crippen LogP contribution >= 0.6 is 15.9 Å². The van der Waals surface area contributed by atoms with Crippen LogP contribution in [-0.4, -0.2) is 19.1 Å². The second-order valence-corrected chi connectivity index (χ2v) is 5.36. The minimum atomic E-state index is 0.639. The lowest BCUT2D eigenvalue weighted by Gasteiger charge is -2.25. The molecule has 0 spiro atoms. The Kier molecular flexibility index (Phi) is 4.38. The molecule has 0 aliphatic heterocycles. The zero-order valence-electron chi connectivity index (χ0n) is 9.51. The van der Waals surface area contributed by atoms with Gasteiger partial charge in [-0.2, -0.15) is 0 Å². The van der Waals surface area contributed by atoms with Crippen molar-refractivity contribution in [1.29, 1.82) is 0 Å². The van der Waals surface area contributed by atoms with Crippen LogP contribution in [0.1, 0.15) is 24.0 Å². The van der Waals surface area contributed by atoms with Gasteiger partial charge < -0.3 is 11.1 Å². The lowest BCUT2D eigenvalue weighted by Crippen LogP contribution is -2.35. The largest absolute Gasteiger partial charge is 0.330 e. The van der Waals surface area contributed by atoms with Crippen molar-refractivity contribution < 1.29 is 0 Å². The average Bonchev–Trinajstić information content (AvgIpc) is 2.29. The van der Waals surface area contributed by atoms with Gasteiger partial charge in [0.1, 0.15) is 0 Å². The Morgan fingerprint density at radius 3 is 3.06 bits per heavy atom. The topological polar surface area (TPSA) is 38.0 Å². The first-order valence-electron chi connectivity index (χ1n) is 6.00. The van der Waals surface area contributed by atoms with E-state index >= 15 is 0 Å². The van der Waals surface area contributed by atoms with E-state index in [-0.39, 0.29) is 0 Å². The van der Waals surface area contributed by atoms with E-state index in [1.54, 1.807) is 0 Å². The monoisotopic (exact) mass is 282 g/mol. The van der Waals surface area contributed by atoms with Gasteiger partial charge >= 0.3 is 0 Å². The van der Waals surface area contributed by atoms with Crippen LogP contribution in [0.15, 0.2) is 22.7 Å². The van der Waals surface area contributed by atoms with E-state index in [0.29, 0.717) is 6.04 Å². The molecule has 16 heavy (non-hydrogen) atoms. The summed E-state index contributed by atoms with van der Waals surface area (Å²) in [6.45, 7) is 1.83. The second kappa shape index (κ2) is 5.80. The number of hydrogen-bond acceptors (Lipinski definition) is 2. The zero-order valence-corrected chi connectivity index (χ0v) is 11.1. The smallest absolute Gasteiger partial charge is 0.0178 e. The second-order valence-electron chi connectivity index (χ2n) is 4.45. The molecule has 2 rings (SSSR count). The molecule has 0 saturated heterocycles. The van der Waals surface area contributed by atoms with Gasteiger partial charge in [-0.3, -0.25) is 0 Å². The molecule has 0 radical (unpaired) electrons. The van der Waals surface area contributed by atoms with E-state index in [1.807, 2.05) is 0 Å². The summed E-state index contributed by atoms with van der Waals surface area (Å²) in [5.74, 6) is 0. The Bertz CT molecular complexity index is 352. The van der Waals surface area contributed by atoms with Crippen LogP contribution in [-0.2, 0) is 12.8 Å². The molecule has 1 atom stereocenters. The number of nitrogens with one attached hydrogen (secondary N) is 1. The molecule has 3 heteroatoms. The van der Waals surface area contributed by atoms with E-state index in [4.69, 9.17) is 5.73 Å². The molecule has 0 fully saturated rings. The fourth-order valence-electron chi connectivity index (χ4n) is 2.31. The van der Waals surface area contributed by atoms with Crippen molar-refractivity contribution in [3.63, 3.8) is 0 Å². The molecule has 1 aliphatic carbocycles. The first kappa shape index (κ1) is 12.1. The number of benzene rings is 1. The normalized spacial score (nSPS) is 19.5. The van der Waals surface area contributed by atoms with Gasteiger partial charge in [-0.1, -0.05) is 22.0 Å². The zero-order chi connectivity index (χ0) is 11.4. The van der Waals surface area contributed by atoms with Crippen molar-refractivity contribution in [2.75, 3.05) is 13.1 Å². The summed E-state index contributed by atoms with van der Waals surface area (Å²) in [6.07, 6.45) is 4.67. The van der Waals surface area contributed by atoms with Gasteiger partial charge in [-0.15, -0.1) is 0 Å². The fraction of sp³-hybridized carbons (Fsp3) is 0.538. The van der Waals surface area contributed by atoms with Crippen molar-refractivity contribution in [2.45, 2.75) is 31.7 Å². The maximum Gasteiger partial charge on any atom is 0.0178 e. The summed E-state index contributed by atoms with van der Waals surface area (Å²) in [6, 6.07) is 7.28. The van der Waals surface area contributed by atoms with E-state index in [2.05, 4.69) is 39.4 Å². The number of aryl methyl sites for hydroxylation is 1. The molecule has 1 aromatic rings. The highest BCUT2D eigenvalue weighted by atomic mass is 79.9. The summed E-state index contributed by atoms with van der Waals surface area (Å²) in [5.41, 5.74) is 8.50. The van der Waals surface area contributed by atoms with Crippen LogP contribution in [0.5, 0.6) is 0 Å². The molecule has 0 amide bonds. The number of nitrogens with two attached hydrogens (primary N) is 1. The van der Waals surface area contributed by atoms with Crippen LogP contribution in [0.3, 0.4) is 0 Å². The third kappa shape index (κ3) is 3.06. The molecule has 1 aliphatic rings. The summed E-state index contributed by atoms with van der Waals surface area (Å²) >= 11 is 3.53. The molecule has 0 bridgehead atoms. The van der Waals surface area contributed by atoms with Crippen LogP contribution in [0.4, 0.5) is 0 Å². The van der Waals surface area contributed by atoms with Crippen molar-refractivity contribution in [3.8, 4) is 0 Å². The minimum absolute atomic E-state index is 0.639. The SMILES string of the molecule is NCCCNC1CCc2cc(Br)ccc2C1. The van der Waals surface area contributed by atoms with Crippen LogP contribution in [0.2, 0.25) is 0 Å². The third-order valence-corrected chi connectivity index (χ3v) is 3.70. The predicted octanol–water partition coefficient (Wildman–Crippen LogP) is 2.24. The Hall–Kier alpha value is -0.380. The highest BCUT2D eigenvalue weighted by Crippen LogP contribution is 2.24. The standard InChI is InChI=1S/C13H19BrN2/c14-12-4-2-11-9-13(16-7-1-6-15)5-3-10(11)8-12/h2,4,8,13,16H,1,3,5-7,9,15H2. The predicted molar refractivity (Wildman–Crippen MR) is 71.6 cm³/mol. The van der Waals surface area contributed by atoms with E-state index in [9.17, 15) is 0 Å². The lowest BCUT2D eigenvalue weighted by atomic mass is 9.88. The first-order valence-corrected chi connectivity index (χ1v) is 6.79. The van der Waals surface area contributed by atoms with E-state index < -0.39 is 0 Å². The molecule has 1 aromatic carbocycles. The van der Waals surface area contributed by atoms with Crippen LogP contribution in [0, 0.1) is 0 Å². The Labute approximate surface area is 106 Å². The van der Waals surface area contributed by atoms with Gasteiger partial charge in [0, 0.05) is 10.5 Å². The maximum absolute atomic E-state index is 5.49. The van der Waals surface area contributed by atoms with Gasteiger partial charge in [0.2, 0.25) is 0 Å². The first-order chi connectivity index (χ1) is 7.79. The number of fused-ring (bicyclic) bond motifs is 1. The van der Waals surface area contributed by atoms with Gasteiger partial charge in [0.05, 0.1) is 0 Å². The number of rotatable bonds is 4. The van der Waals surface area contributed by atoms with Gasteiger partial charge in [0.25, 0.3) is 0 Å². The molecule has 3 N–H and O–H groups in total. The Morgan fingerprint density at radius 1 is 1.38 bits per heavy atom. The molecule has 88 valence electrons. The van der Waals surface area contributed by atoms with Crippen molar-refractivity contribution >= 4 is 15.9 Å². The number of hydrogen-bond donors (Lipinski definition) is 2. The van der Waals surface area contributed by atoms with Gasteiger partial charge in [-0.05, 0) is 62.0 Å². The van der Waals surface area contributed by atoms with Crippen LogP contribution in [0.25, 0.3) is 0 Å². The number of halogens is 1. The fourth-order valence-corrected chi connectivity index (χ4v) is 2.71. The molecule has 0 aromatic heterocycles. The summed E-state index contributed by atoms with van der Waals surface area (Å²) in [5, 5.41) is 3.59. The summed E-state index contributed by atoms with van der Waals surface area (Å²) in [4.78, 5) is 0. The van der Waals surface area contributed by atoms with Crippen molar-refractivity contribution in [3.05, 3.63) is 33.8 Å². The summed E-state index contributed by atoms with van der Waals surface area (Å²) < 4.78 is 1.20. The molecule has 1 unspecified atom stereocenters. The lowest BCUT2D eigenvalue weighted by molar-refractivity contribution is 0.456. The van der Waals surface area contributed by atoms with Gasteiger partial charge in [0.15, 0.2) is 0 Å². The van der Waals surface area contributed by atoms with Crippen molar-refractivity contribution in [1.82, 2.24) is 5.32 Å². The van der Waals surface area contributed by atoms with E-state index in [1.165, 1.54) is 28.4 Å².